The maximum Gasteiger partial charge on any atom is 0.135 e. The van der Waals surface area contributed by atoms with Gasteiger partial charge in [-0.1, -0.05) is 77.6 Å². The third-order valence-electron chi connectivity index (χ3n) is 3.33. The van der Waals surface area contributed by atoms with Crippen LogP contribution in [0.1, 0.15) is 84.0 Å². The molecule has 0 saturated carbocycles. The lowest BCUT2D eigenvalue weighted by atomic mass is 10.1. The normalized spacial score (nSPS) is 10.1. The van der Waals surface area contributed by atoms with Gasteiger partial charge in [-0.3, -0.25) is 0 Å². The first-order valence-corrected chi connectivity index (χ1v) is 9.10. The van der Waals surface area contributed by atoms with Gasteiger partial charge in [-0.05, 0) is 23.0 Å². The summed E-state index contributed by atoms with van der Waals surface area (Å²) < 4.78 is 0. The van der Waals surface area contributed by atoms with Gasteiger partial charge in [0.05, 0.1) is 0 Å². The Bertz CT molecular complexity index is 213. The molecule has 0 aromatic carbocycles. The van der Waals surface area contributed by atoms with Crippen molar-refractivity contribution in [3.8, 4) is 0 Å². The van der Waals surface area contributed by atoms with Crippen molar-refractivity contribution in [2.75, 3.05) is 6.16 Å². The Balaban J connectivity index is 0.000000595. The minimum atomic E-state index is 1.29. The minimum Gasteiger partial charge on any atom is -0.246 e. The standard InChI is InChI=1S/C14H31P.CH2N4/c1-2-3-4-5-6-7-8-9-10-11-12-13-14-15;1-2-4-5-3-1/h2-15H2,1H3;1H,(H,2,3,4,5). The highest BCUT2D eigenvalue weighted by Gasteiger charge is 1.92. The highest BCUT2D eigenvalue weighted by Crippen LogP contribution is 2.11. The maximum atomic E-state index is 3.31. The zero-order valence-corrected chi connectivity index (χ0v) is 14.3. The second-order valence-corrected chi connectivity index (χ2v) is 5.82. The summed E-state index contributed by atoms with van der Waals surface area (Å²) in [5.41, 5.74) is 0. The molecule has 5 heteroatoms. The zero-order chi connectivity index (χ0) is 14.7. The fraction of sp³-hybridized carbons (Fsp3) is 0.933. The third kappa shape index (κ3) is 17.5. The molecule has 1 aromatic rings. The van der Waals surface area contributed by atoms with Crippen LogP contribution in [0.4, 0.5) is 0 Å². The van der Waals surface area contributed by atoms with E-state index in [-0.39, 0.29) is 0 Å². The predicted octanol–water partition coefficient (Wildman–Crippen LogP) is 4.76. The molecule has 4 nitrogen and oxygen atoms in total. The third-order valence-corrected chi connectivity index (χ3v) is 3.74. The number of nitrogens with zero attached hydrogens (tertiary/aromatic N) is 3. The summed E-state index contributed by atoms with van der Waals surface area (Å²) in [5.74, 6) is 0. The first kappa shape index (κ1) is 19.5. The maximum absolute atomic E-state index is 3.31. The number of nitrogens with one attached hydrogen (secondary N) is 1. The summed E-state index contributed by atoms with van der Waals surface area (Å²) in [6, 6.07) is 0. The van der Waals surface area contributed by atoms with Crippen LogP contribution >= 0.6 is 9.24 Å². The van der Waals surface area contributed by atoms with Gasteiger partial charge in [0.1, 0.15) is 6.33 Å². The summed E-state index contributed by atoms with van der Waals surface area (Å²) in [4.78, 5) is 0. The first-order valence-electron chi connectivity index (χ1n) is 8.29. The quantitative estimate of drug-likeness (QED) is 0.447. The van der Waals surface area contributed by atoms with Crippen molar-refractivity contribution in [3.05, 3.63) is 6.33 Å². The van der Waals surface area contributed by atoms with Crippen molar-refractivity contribution in [2.24, 2.45) is 0 Å². The van der Waals surface area contributed by atoms with Gasteiger partial charge >= 0.3 is 0 Å². The molecule has 0 fully saturated rings. The van der Waals surface area contributed by atoms with Gasteiger partial charge in [0.2, 0.25) is 0 Å². The molecule has 118 valence electrons. The average Bonchev–Trinajstić information content (AvgIpc) is 3.04. The molecular formula is C15H33N4P. The van der Waals surface area contributed by atoms with Crippen LogP contribution in [-0.4, -0.2) is 26.8 Å². The van der Waals surface area contributed by atoms with Crippen LogP contribution in [0.5, 0.6) is 0 Å². The van der Waals surface area contributed by atoms with Gasteiger partial charge in [0, 0.05) is 0 Å². The van der Waals surface area contributed by atoms with Crippen LogP contribution in [0.3, 0.4) is 0 Å². The molecule has 1 aromatic heterocycles. The molecule has 20 heavy (non-hydrogen) atoms. The number of tetrazole rings is 1. The topological polar surface area (TPSA) is 54.5 Å². The molecular weight excluding hydrogens is 267 g/mol. The lowest BCUT2D eigenvalue weighted by Crippen LogP contribution is -1.82. The fourth-order valence-corrected chi connectivity index (χ4v) is 2.40. The van der Waals surface area contributed by atoms with E-state index in [0.29, 0.717) is 0 Å². The number of hydrogen-bond acceptors (Lipinski definition) is 3. The van der Waals surface area contributed by atoms with Gasteiger partial charge < -0.3 is 0 Å². The van der Waals surface area contributed by atoms with E-state index in [1.165, 1.54) is 89.5 Å². The van der Waals surface area contributed by atoms with Gasteiger partial charge in [0.25, 0.3) is 0 Å². The summed E-state index contributed by atoms with van der Waals surface area (Å²) in [7, 11) is 2.81. The molecule has 0 radical (unpaired) electrons. The van der Waals surface area contributed by atoms with Crippen LogP contribution in [0.15, 0.2) is 6.33 Å². The molecule has 0 saturated heterocycles. The van der Waals surface area contributed by atoms with E-state index in [2.05, 4.69) is 36.8 Å². The van der Waals surface area contributed by atoms with Crippen LogP contribution in [0.25, 0.3) is 0 Å². The van der Waals surface area contributed by atoms with Crippen molar-refractivity contribution in [1.82, 2.24) is 20.6 Å². The Morgan fingerprint density at radius 2 is 1.30 bits per heavy atom. The molecule has 0 aliphatic rings. The molecule has 0 aliphatic heterocycles. The first-order chi connectivity index (χ1) is 9.91. The number of aromatic amines is 1. The Labute approximate surface area is 127 Å². The lowest BCUT2D eigenvalue weighted by molar-refractivity contribution is 0.548. The van der Waals surface area contributed by atoms with Crippen LogP contribution in [0, 0.1) is 0 Å². The fourth-order valence-electron chi connectivity index (χ4n) is 2.11. The summed E-state index contributed by atoms with van der Waals surface area (Å²) in [5, 5.41) is 12.1. The number of hydrogen-bond donors (Lipinski definition) is 1. The molecule has 1 N–H and O–H groups in total. The summed E-state index contributed by atoms with van der Waals surface area (Å²) in [6.45, 7) is 2.29. The Morgan fingerprint density at radius 3 is 1.60 bits per heavy atom. The Morgan fingerprint density at radius 1 is 0.800 bits per heavy atom. The van der Waals surface area contributed by atoms with E-state index in [1.54, 1.807) is 0 Å². The largest absolute Gasteiger partial charge is 0.246 e. The number of H-pyrrole nitrogens is 1. The van der Waals surface area contributed by atoms with E-state index in [4.69, 9.17) is 0 Å². The number of aromatic nitrogens is 4. The molecule has 0 bridgehead atoms. The van der Waals surface area contributed by atoms with Gasteiger partial charge in [0.15, 0.2) is 0 Å². The van der Waals surface area contributed by atoms with E-state index in [1.807, 2.05) is 0 Å². The SMILES string of the molecule is CCCCCCCCCCCCCCP.c1nnn[nH]1. The average molecular weight is 300 g/mol. The highest BCUT2D eigenvalue weighted by molar-refractivity contribution is 7.16. The molecule has 0 amide bonds. The van der Waals surface area contributed by atoms with E-state index in [9.17, 15) is 0 Å². The number of rotatable bonds is 12. The molecule has 1 rings (SSSR count). The second kappa shape index (κ2) is 18.5. The Hall–Kier alpha value is -0.500. The number of unbranched alkanes of at least 4 members (excludes halogenated alkanes) is 11. The minimum absolute atomic E-state index is 1.29. The summed E-state index contributed by atoms with van der Waals surface area (Å²) in [6.07, 6.45) is 20.1. The second-order valence-electron chi connectivity index (χ2n) is 5.24. The summed E-state index contributed by atoms with van der Waals surface area (Å²) >= 11 is 0. The van der Waals surface area contributed by atoms with Crippen molar-refractivity contribution in [1.29, 1.82) is 0 Å². The van der Waals surface area contributed by atoms with Crippen molar-refractivity contribution in [3.63, 3.8) is 0 Å². The van der Waals surface area contributed by atoms with Gasteiger partial charge in [-0.25, -0.2) is 5.10 Å². The van der Waals surface area contributed by atoms with Crippen LogP contribution in [-0.2, 0) is 0 Å². The van der Waals surface area contributed by atoms with Crippen LogP contribution < -0.4 is 0 Å². The molecule has 1 unspecified atom stereocenters. The van der Waals surface area contributed by atoms with Gasteiger partial charge in [-0.2, -0.15) is 0 Å². The lowest BCUT2D eigenvalue weighted by Gasteiger charge is -2.01. The Kier molecular flexibility index (Phi) is 18.0. The monoisotopic (exact) mass is 300 g/mol. The molecule has 0 spiro atoms. The van der Waals surface area contributed by atoms with Crippen molar-refractivity contribution < 1.29 is 0 Å². The van der Waals surface area contributed by atoms with Crippen molar-refractivity contribution in [2.45, 2.75) is 84.0 Å². The van der Waals surface area contributed by atoms with E-state index >= 15 is 0 Å². The van der Waals surface area contributed by atoms with E-state index < -0.39 is 0 Å². The van der Waals surface area contributed by atoms with Crippen molar-refractivity contribution >= 4 is 9.24 Å². The molecule has 1 atom stereocenters. The molecule has 1 heterocycles. The molecule has 0 aliphatic carbocycles. The van der Waals surface area contributed by atoms with Gasteiger partial charge in [-0.15, -0.1) is 14.3 Å². The van der Waals surface area contributed by atoms with Crippen LogP contribution in [0.2, 0.25) is 0 Å². The zero-order valence-electron chi connectivity index (χ0n) is 13.2. The predicted molar refractivity (Wildman–Crippen MR) is 89.8 cm³/mol. The van der Waals surface area contributed by atoms with E-state index in [0.717, 1.165) is 0 Å². The smallest absolute Gasteiger partial charge is 0.135 e. The highest BCUT2D eigenvalue weighted by atomic mass is 31.0.